The first-order chi connectivity index (χ1) is 16.3. The maximum Gasteiger partial charge on any atom is 0.260 e. The Kier molecular flexibility index (Phi) is 10.7. The molecular formula is C27H47NO5S2. The van der Waals surface area contributed by atoms with Crippen molar-refractivity contribution in [3.63, 3.8) is 0 Å². The van der Waals surface area contributed by atoms with Gasteiger partial charge in [-0.2, -0.15) is 24.8 Å². The van der Waals surface area contributed by atoms with E-state index in [0.29, 0.717) is 25.0 Å². The maximum absolute atomic E-state index is 13.1. The van der Waals surface area contributed by atoms with Crippen molar-refractivity contribution in [1.82, 2.24) is 4.90 Å². The first-order valence-corrected chi connectivity index (χ1v) is 16.1. The molecule has 0 spiro atoms. The van der Waals surface area contributed by atoms with E-state index < -0.39 is 21.2 Å². The number of rotatable bonds is 12. The van der Waals surface area contributed by atoms with E-state index in [9.17, 15) is 14.1 Å². The zero-order chi connectivity index (χ0) is 26.6. The number of hydrogen-bond donors (Lipinski definition) is 1. The highest BCUT2D eigenvalue weighted by molar-refractivity contribution is 8.38. The van der Waals surface area contributed by atoms with Gasteiger partial charge in [-0.3, -0.25) is 23.2 Å². The number of benzene rings is 1. The molecule has 1 fully saturated rings. The van der Waals surface area contributed by atoms with E-state index in [1.54, 1.807) is 6.07 Å². The molecule has 0 bridgehead atoms. The Labute approximate surface area is 216 Å². The molecule has 202 valence electrons. The molecule has 0 radical (unpaired) electrons. The number of hydrogen-bond acceptors (Lipinski definition) is 5. The molecule has 2 atom stereocenters. The zero-order valence-corrected chi connectivity index (χ0v) is 24.7. The molecule has 2 amide bonds. The largest absolute Gasteiger partial charge is 0.297 e. The van der Waals surface area contributed by atoms with Gasteiger partial charge in [0, 0.05) is 32.6 Å². The van der Waals surface area contributed by atoms with Crippen LogP contribution in [0.15, 0.2) is 24.3 Å². The molecule has 1 N–H and O–H groups in total. The topological polar surface area (TPSA) is 76.1 Å². The van der Waals surface area contributed by atoms with Crippen LogP contribution in [0.2, 0.25) is 0 Å². The van der Waals surface area contributed by atoms with Gasteiger partial charge in [0.1, 0.15) is 0 Å². The zero-order valence-electron chi connectivity index (χ0n) is 23.0. The lowest BCUT2D eigenvalue weighted by Crippen LogP contribution is -2.38. The number of amides is 2. The van der Waals surface area contributed by atoms with Crippen molar-refractivity contribution in [3.8, 4) is 0 Å². The molecule has 0 heterocycles. The van der Waals surface area contributed by atoms with E-state index in [1.807, 2.05) is 52.8 Å². The molecule has 0 aliphatic heterocycles. The van der Waals surface area contributed by atoms with Crippen LogP contribution in [-0.2, 0) is 12.6 Å². The first kappa shape index (κ1) is 30.2. The summed E-state index contributed by atoms with van der Waals surface area (Å²) in [6.07, 6.45) is 3.04. The first-order valence-electron chi connectivity index (χ1n) is 12.8. The number of carbonyl (C=O) groups is 2. The minimum atomic E-state index is -2.33. The fourth-order valence-corrected chi connectivity index (χ4v) is 11.9. The summed E-state index contributed by atoms with van der Waals surface area (Å²) in [4.78, 5) is 26.4. The molecule has 2 unspecified atom stereocenters. The lowest BCUT2D eigenvalue weighted by Gasteiger charge is -2.58. The Bertz CT molecular complexity index is 842. The van der Waals surface area contributed by atoms with Crippen molar-refractivity contribution < 1.29 is 22.0 Å². The van der Waals surface area contributed by atoms with Crippen molar-refractivity contribution in [3.05, 3.63) is 35.4 Å². The molecule has 2 rings (SSSR count). The normalized spacial score (nSPS) is 20.2. The molecule has 6 nitrogen and oxygen atoms in total. The smallest absolute Gasteiger partial charge is 0.260 e. The van der Waals surface area contributed by atoms with Gasteiger partial charge < -0.3 is 0 Å². The van der Waals surface area contributed by atoms with Crippen molar-refractivity contribution in [2.75, 3.05) is 6.61 Å². The summed E-state index contributed by atoms with van der Waals surface area (Å²) in [5, 5.41) is 0.232. The van der Waals surface area contributed by atoms with E-state index in [2.05, 4.69) is 27.7 Å². The van der Waals surface area contributed by atoms with Crippen molar-refractivity contribution in [2.24, 2.45) is 5.92 Å². The number of imide groups is 1. The standard InChI is InChI=1S/C27H47NO5S2/c1-19(2)34(31,20(3)4)33-35(21(5)6,22(7)8)32-17-24-14-15-25(16-24)28(18-29)27(30)26-13-11-10-12-23(26)9/h10-13,18-22,24-25,31H,14-17H2,1-9H3. The van der Waals surface area contributed by atoms with Gasteiger partial charge in [-0.1, -0.05) is 18.2 Å². The van der Waals surface area contributed by atoms with Gasteiger partial charge in [0.2, 0.25) is 6.41 Å². The van der Waals surface area contributed by atoms with Gasteiger partial charge in [0.05, 0.1) is 6.61 Å². The van der Waals surface area contributed by atoms with E-state index >= 15 is 0 Å². The maximum atomic E-state index is 13.1. The van der Waals surface area contributed by atoms with Crippen molar-refractivity contribution in [1.29, 1.82) is 0 Å². The van der Waals surface area contributed by atoms with Crippen molar-refractivity contribution in [2.45, 2.75) is 109 Å². The Morgan fingerprint density at radius 1 is 1.03 bits per heavy atom. The summed E-state index contributed by atoms with van der Waals surface area (Å²) < 4.78 is 25.0. The van der Waals surface area contributed by atoms with E-state index in [4.69, 9.17) is 7.81 Å². The van der Waals surface area contributed by atoms with Crippen LogP contribution in [0, 0.1) is 12.8 Å². The molecule has 1 saturated carbocycles. The highest BCUT2D eigenvalue weighted by Crippen LogP contribution is 2.71. The molecule has 1 aromatic rings. The highest BCUT2D eigenvalue weighted by Gasteiger charge is 2.41. The van der Waals surface area contributed by atoms with Gasteiger partial charge in [-0.25, -0.2) is 0 Å². The Morgan fingerprint density at radius 3 is 2.09 bits per heavy atom. The van der Waals surface area contributed by atoms with Gasteiger partial charge in [0.15, 0.2) is 0 Å². The summed E-state index contributed by atoms with van der Waals surface area (Å²) >= 11 is 0. The highest BCUT2D eigenvalue weighted by atomic mass is 32.4. The van der Waals surface area contributed by atoms with Gasteiger partial charge >= 0.3 is 0 Å². The Morgan fingerprint density at radius 2 is 1.60 bits per heavy atom. The van der Waals surface area contributed by atoms with Crippen LogP contribution in [-0.4, -0.2) is 55.4 Å². The number of aryl methyl sites for hydroxylation is 1. The third-order valence-electron chi connectivity index (χ3n) is 7.00. The van der Waals surface area contributed by atoms with Gasteiger partial charge in [0.25, 0.3) is 5.91 Å². The number of nitrogens with zero attached hydrogens (tertiary/aromatic N) is 1. The fraction of sp³-hybridized carbons (Fsp3) is 0.704. The monoisotopic (exact) mass is 529 g/mol. The molecule has 1 aromatic carbocycles. The minimum Gasteiger partial charge on any atom is -0.297 e. The second-order valence-electron chi connectivity index (χ2n) is 10.7. The van der Waals surface area contributed by atoms with Crippen molar-refractivity contribution >= 4 is 33.5 Å². The van der Waals surface area contributed by atoms with E-state index in [1.165, 1.54) is 4.90 Å². The molecule has 0 aromatic heterocycles. The molecular weight excluding hydrogens is 482 g/mol. The number of carbonyl (C=O) groups excluding carboxylic acids is 2. The van der Waals surface area contributed by atoms with E-state index in [-0.39, 0.29) is 38.9 Å². The van der Waals surface area contributed by atoms with Crippen LogP contribution in [0.5, 0.6) is 0 Å². The molecule has 1 aliphatic carbocycles. The van der Waals surface area contributed by atoms with Crippen LogP contribution < -0.4 is 0 Å². The molecule has 1 aliphatic rings. The lowest BCUT2D eigenvalue weighted by atomic mass is 10.1. The quantitative estimate of drug-likeness (QED) is 0.288. The molecule has 35 heavy (non-hydrogen) atoms. The Hall–Kier alpha value is -1.06. The summed E-state index contributed by atoms with van der Waals surface area (Å²) in [5.74, 6) is -0.0128. The van der Waals surface area contributed by atoms with Crippen LogP contribution >= 0.6 is 21.2 Å². The van der Waals surface area contributed by atoms with Crippen LogP contribution in [0.25, 0.3) is 0 Å². The summed E-state index contributed by atoms with van der Waals surface area (Å²) in [6, 6.07) is 7.25. The second-order valence-corrected chi connectivity index (χ2v) is 17.7. The van der Waals surface area contributed by atoms with Crippen LogP contribution in [0.4, 0.5) is 0 Å². The Balaban J connectivity index is 2.16. The SMILES string of the molecule is Cc1ccccc1C(=O)N(C=O)C1CCC(COS(OS(O)(C(C)C)C(C)C)(C(C)C)C(C)C)C1. The minimum absolute atomic E-state index is 0.0000544. The molecule has 8 heteroatoms. The van der Waals surface area contributed by atoms with Gasteiger partial charge in [-0.15, -0.1) is 0 Å². The summed E-state index contributed by atoms with van der Waals surface area (Å²) in [5.41, 5.74) is 1.44. The lowest BCUT2D eigenvalue weighted by molar-refractivity contribution is -0.117. The summed E-state index contributed by atoms with van der Waals surface area (Å²) in [7, 11) is -4.36. The van der Waals surface area contributed by atoms with Crippen LogP contribution in [0.3, 0.4) is 0 Å². The second kappa shape index (κ2) is 12.5. The third kappa shape index (κ3) is 6.63. The fourth-order valence-electron chi connectivity index (χ4n) is 4.77. The average molecular weight is 530 g/mol. The predicted octanol–water partition coefficient (Wildman–Crippen LogP) is 7.26. The third-order valence-corrected chi connectivity index (χ3v) is 14.6. The summed E-state index contributed by atoms with van der Waals surface area (Å²) in [6.45, 7) is 18.9. The van der Waals surface area contributed by atoms with E-state index in [0.717, 1.165) is 18.4 Å². The molecule has 0 saturated heterocycles. The van der Waals surface area contributed by atoms with Gasteiger partial charge in [-0.05, 0) is 99.1 Å². The average Bonchev–Trinajstić information content (AvgIpc) is 3.25. The predicted molar refractivity (Wildman–Crippen MR) is 150 cm³/mol. The van der Waals surface area contributed by atoms with Crippen LogP contribution in [0.1, 0.15) is 90.6 Å².